The first-order valence-corrected chi connectivity index (χ1v) is 21.4. The fraction of sp³-hybridized carbons (Fsp3) is 0.0345. The number of hydrogen-bond donors (Lipinski definition) is 0. The van der Waals surface area contributed by atoms with Crippen molar-refractivity contribution in [1.29, 1.82) is 0 Å². The van der Waals surface area contributed by atoms with Crippen LogP contribution in [0.3, 0.4) is 0 Å². The molecular weight excluding hydrogens is 753 g/mol. The van der Waals surface area contributed by atoms with E-state index < -0.39 is 0 Å². The first-order valence-electron chi connectivity index (χ1n) is 21.4. The quantitative estimate of drug-likeness (QED) is 0.152. The zero-order chi connectivity index (χ0) is 41.0. The van der Waals surface area contributed by atoms with Crippen molar-refractivity contribution in [2.75, 3.05) is 14.7 Å². The van der Waals surface area contributed by atoms with Gasteiger partial charge in [-0.1, -0.05) is 140 Å². The summed E-state index contributed by atoms with van der Waals surface area (Å²) < 4.78 is 2.38. The molecule has 0 amide bonds. The smallest absolute Gasteiger partial charge is 0.0629 e. The summed E-state index contributed by atoms with van der Waals surface area (Å²) in [6.45, 7) is 0. The van der Waals surface area contributed by atoms with E-state index in [1.165, 1.54) is 49.5 Å². The zero-order valence-corrected chi connectivity index (χ0v) is 34.0. The second-order valence-corrected chi connectivity index (χ2v) is 16.1. The summed E-state index contributed by atoms with van der Waals surface area (Å²) >= 11 is 0. The Hall–Kier alpha value is -8.08. The van der Waals surface area contributed by atoms with Gasteiger partial charge in [0.15, 0.2) is 0 Å². The maximum atomic E-state index is 2.50. The topological polar surface area (TPSA) is 14.7 Å². The van der Waals surface area contributed by atoms with Gasteiger partial charge >= 0.3 is 0 Å². The van der Waals surface area contributed by atoms with E-state index in [1.807, 2.05) is 0 Å². The standard InChI is InChI=1S/C58H42N4/c1-5-19-41(20-6-1)59(45-35-37-57-51(39-45)49-27-13-15-31-55(49)61(57)43-23-9-3-10-24-43)53-33-17-30-48-47(53)29-18-34-54(48)60(42-21-7-2-8-22-42)46-36-38-58-52(40-46)50-28-14-16-32-56(50)62(58)44-25-11-4-12-26-44/h1-40,49,55H. The molecular formula is C58H42N4. The van der Waals surface area contributed by atoms with Gasteiger partial charge in [0.05, 0.1) is 28.5 Å². The molecule has 0 fully saturated rings. The van der Waals surface area contributed by atoms with Gasteiger partial charge in [0.1, 0.15) is 0 Å². The number of hydrogen-bond acceptors (Lipinski definition) is 3. The molecule has 0 N–H and O–H groups in total. The first-order chi connectivity index (χ1) is 30.8. The third-order valence-corrected chi connectivity index (χ3v) is 12.6. The summed E-state index contributed by atoms with van der Waals surface area (Å²) in [4.78, 5) is 7.35. The predicted molar refractivity (Wildman–Crippen MR) is 261 cm³/mol. The number of anilines is 8. The number of para-hydroxylation sites is 5. The molecule has 0 saturated heterocycles. The van der Waals surface area contributed by atoms with Crippen LogP contribution in [-0.4, -0.2) is 10.6 Å². The van der Waals surface area contributed by atoms with Crippen LogP contribution in [0.4, 0.5) is 45.5 Å². The van der Waals surface area contributed by atoms with E-state index in [9.17, 15) is 0 Å². The van der Waals surface area contributed by atoms with Crippen LogP contribution >= 0.6 is 0 Å². The molecule has 12 rings (SSSR count). The molecule has 2 unspecified atom stereocenters. The summed E-state index contributed by atoms with van der Waals surface area (Å²) in [5.74, 6) is 0.241. The van der Waals surface area contributed by atoms with Crippen LogP contribution in [0, 0.1) is 0 Å². The van der Waals surface area contributed by atoms with Crippen LogP contribution in [0.25, 0.3) is 38.3 Å². The Balaban J connectivity index is 1.03. The van der Waals surface area contributed by atoms with Gasteiger partial charge in [-0.05, 0) is 109 Å². The molecule has 1 aromatic heterocycles. The molecule has 0 spiro atoms. The van der Waals surface area contributed by atoms with Crippen molar-refractivity contribution in [3.63, 3.8) is 0 Å². The van der Waals surface area contributed by atoms with Gasteiger partial charge in [0.2, 0.25) is 0 Å². The number of rotatable bonds is 8. The monoisotopic (exact) mass is 794 g/mol. The van der Waals surface area contributed by atoms with E-state index in [-0.39, 0.29) is 12.0 Å². The number of nitrogens with zero attached hydrogens (tertiary/aromatic N) is 4. The van der Waals surface area contributed by atoms with Crippen LogP contribution in [0.15, 0.2) is 243 Å². The molecule has 4 heteroatoms. The molecule has 4 nitrogen and oxygen atoms in total. The van der Waals surface area contributed by atoms with E-state index >= 15 is 0 Å². The van der Waals surface area contributed by atoms with E-state index in [0.717, 1.165) is 39.8 Å². The van der Waals surface area contributed by atoms with E-state index in [2.05, 4.69) is 262 Å². The Bertz CT molecular complexity index is 3320. The van der Waals surface area contributed by atoms with Gasteiger partial charge in [0.25, 0.3) is 0 Å². The van der Waals surface area contributed by atoms with Gasteiger partial charge in [-0.3, -0.25) is 0 Å². The van der Waals surface area contributed by atoms with Crippen LogP contribution in [0.1, 0.15) is 11.5 Å². The molecule has 0 radical (unpaired) electrons. The third-order valence-electron chi connectivity index (χ3n) is 12.6. The number of benzene rings is 9. The second kappa shape index (κ2) is 14.9. The molecule has 2 aliphatic rings. The maximum Gasteiger partial charge on any atom is 0.0629 e. The van der Waals surface area contributed by atoms with Crippen molar-refractivity contribution in [2.45, 2.75) is 12.0 Å². The van der Waals surface area contributed by atoms with Crippen LogP contribution in [0.5, 0.6) is 0 Å². The van der Waals surface area contributed by atoms with Crippen LogP contribution < -0.4 is 14.7 Å². The average molecular weight is 795 g/mol. The first kappa shape index (κ1) is 35.8. The molecule has 0 bridgehead atoms. The fourth-order valence-electron chi connectivity index (χ4n) is 9.99. The van der Waals surface area contributed by atoms with Crippen molar-refractivity contribution < 1.29 is 0 Å². The van der Waals surface area contributed by atoms with Gasteiger partial charge in [-0.25, -0.2) is 0 Å². The number of fused-ring (bicyclic) bond motifs is 7. The van der Waals surface area contributed by atoms with E-state index in [1.54, 1.807) is 0 Å². The molecule has 0 saturated carbocycles. The Morgan fingerprint density at radius 1 is 0.355 bits per heavy atom. The lowest BCUT2D eigenvalue weighted by Crippen LogP contribution is -2.28. The van der Waals surface area contributed by atoms with Crippen molar-refractivity contribution >= 4 is 78.1 Å². The summed E-state index contributed by atoms with van der Waals surface area (Å²) in [6.07, 6.45) is 9.09. The Morgan fingerprint density at radius 2 is 0.871 bits per heavy atom. The highest BCUT2D eigenvalue weighted by Crippen LogP contribution is 2.51. The van der Waals surface area contributed by atoms with Crippen molar-refractivity contribution in [2.24, 2.45) is 0 Å². The van der Waals surface area contributed by atoms with E-state index in [0.29, 0.717) is 0 Å². The Labute approximate surface area is 361 Å². The zero-order valence-electron chi connectivity index (χ0n) is 34.0. The molecule has 1 aliphatic carbocycles. The Morgan fingerprint density at radius 3 is 1.53 bits per heavy atom. The highest BCUT2D eigenvalue weighted by molar-refractivity contribution is 6.12. The third kappa shape index (κ3) is 5.83. The molecule has 2 atom stereocenters. The van der Waals surface area contributed by atoms with Crippen LogP contribution in [-0.2, 0) is 0 Å². The summed E-state index contributed by atoms with van der Waals surface area (Å²) in [7, 11) is 0. The highest BCUT2D eigenvalue weighted by atomic mass is 15.2. The van der Waals surface area contributed by atoms with Gasteiger partial charge in [0, 0.05) is 67.3 Å². The number of allylic oxidation sites excluding steroid dienone is 2. The van der Waals surface area contributed by atoms with Gasteiger partial charge in [-0.15, -0.1) is 0 Å². The summed E-state index contributed by atoms with van der Waals surface area (Å²) in [5.41, 5.74) is 14.0. The number of aromatic nitrogens is 1. The molecule has 294 valence electrons. The fourth-order valence-corrected chi connectivity index (χ4v) is 9.99. The Kier molecular flexibility index (Phi) is 8.60. The maximum absolute atomic E-state index is 2.50. The lowest BCUT2D eigenvalue weighted by Gasteiger charge is -2.30. The summed E-state index contributed by atoms with van der Waals surface area (Å²) in [5, 5.41) is 4.78. The van der Waals surface area contributed by atoms with Crippen molar-refractivity contribution in [1.82, 2.24) is 4.57 Å². The minimum Gasteiger partial charge on any atom is -0.333 e. The summed E-state index contributed by atoms with van der Waals surface area (Å²) in [6, 6.07) is 79.5. The second-order valence-electron chi connectivity index (χ2n) is 16.1. The SMILES string of the molecule is C1=CC2c3cc(N(c4ccccc4)c4cccc5c(N(c6ccccc6)c6ccc7c(c6)c6ccccc6n7-c6ccccc6)cccc45)ccc3N(c3ccccc3)C2C=C1. The largest absolute Gasteiger partial charge is 0.333 e. The lowest BCUT2D eigenvalue weighted by molar-refractivity contribution is 0.745. The molecule has 10 aromatic rings. The highest BCUT2D eigenvalue weighted by Gasteiger charge is 2.38. The van der Waals surface area contributed by atoms with Crippen LogP contribution in [0.2, 0.25) is 0 Å². The molecule has 9 aromatic carbocycles. The van der Waals surface area contributed by atoms with Crippen molar-refractivity contribution in [3.05, 3.63) is 248 Å². The molecule has 1 aliphatic heterocycles. The van der Waals surface area contributed by atoms with Gasteiger partial charge < -0.3 is 19.3 Å². The van der Waals surface area contributed by atoms with E-state index in [4.69, 9.17) is 0 Å². The van der Waals surface area contributed by atoms with Crippen molar-refractivity contribution in [3.8, 4) is 5.69 Å². The molecule has 62 heavy (non-hydrogen) atoms. The average Bonchev–Trinajstić information content (AvgIpc) is 3.85. The lowest BCUT2D eigenvalue weighted by atomic mass is 9.91. The minimum atomic E-state index is 0.219. The normalized spacial score (nSPS) is 15.3. The minimum absolute atomic E-state index is 0.219. The van der Waals surface area contributed by atoms with Gasteiger partial charge in [-0.2, -0.15) is 0 Å². The predicted octanol–water partition coefficient (Wildman–Crippen LogP) is 15.6. The molecule has 2 heterocycles.